The van der Waals surface area contributed by atoms with Gasteiger partial charge in [-0.25, -0.2) is 4.52 Å². The molecule has 0 saturated heterocycles. The minimum absolute atomic E-state index is 0.108. The maximum Gasteiger partial charge on any atom is 0.227 e. The quantitative estimate of drug-likeness (QED) is 0.821. The van der Waals surface area contributed by atoms with Crippen LogP contribution in [0.15, 0.2) is 42.7 Å². The van der Waals surface area contributed by atoms with E-state index in [1.54, 1.807) is 10.7 Å². The molecule has 0 aromatic carbocycles. The number of pyridine rings is 1. The van der Waals surface area contributed by atoms with Crippen molar-refractivity contribution in [3.05, 3.63) is 42.7 Å². The number of hydrogen-bond acceptors (Lipinski definition) is 2. The van der Waals surface area contributed by atoms with Crippen molar-refractivity contribution in [2.75, 3.05) is 5.32 Å². The molecule has 3 rings (SSSR count). The van der Waals surface area contributed by atoms with Crippen molar-refractivity contribution >= 4 is 17.1 Å². The highest BCUT2D eigenvalue weighted by Crippen LogP contribution is 2.20. The van der Waals surface area contributed by atoms with Crippen molar-refractivity contribution in [2.45, 2.75) is 19.3 Å². The minimum atomic E-state index is 0.108. The number of nitrogens with one attached hydrogen (secondary N) is 1. The molecule has 0 bridgehead atoms. The average molecular weight is 241 g/mol. The SMILES string of the molecule is O=C(Nc1ccn2nccc2c1)C1CC=CCC1. The fourth-order valence-electron chi connectivity index (χ4n) is 2.28. The number of carbonyl (C=O) groups excluding carboxylic acids is 1. The van der Waals surface area contributed by atoms with Gasteiger partial charge in [-0.1, -0.05) is 12.2 Å². The molecule has 4 nitrogen and oxygen atoms in total. The van der Waals surface area contributed by atoms with Gasteiger partial charge < -0.3 is 5.32 Å². The second-order valence-electron chi connectivity index (χ2n) is 4.59. The van der Waals surface area contributed by atoms with Gasteiger partial charge in [0, 0.05) is 24.0 Å². The first-order chi connectivity index (χ1) is 8.83. The zero-order valence-electron chi connectivity index (χ0n) is 10.0. The second kappa shape index (κ2) is 4.64. The molecule has 0 radical (unpaired) electrons. The molecule has 4 heteroatoms. The number of aromatic nitrogens is 2. The molecule has 0 spiro atoms. The number of anilines is 1. The summed E-state index contributed by atoms with van der Waals surface area (Å²) < 4.78 is 1.78. The smallest absolute Gasteiger partial charge is 0.227 e. The molecule has 1 unspecified atom stereocenters. The first-order valence-corrected chi connectivity index (χ1v) is 6.22. The van der Waals surface area contributed by atoms with Crippen LogP contribution in [-0.4, -0.2) is 15.5 Å². The van der Waals surface area contributed by atoms with Crippen LogP contribution in [0.3, 0.4) is 0 Å². The van der Waals surface area contributed by atoms with Crippen LogP contribution in [0.5, 0.6) is 0 Å². The van der Waals surface area contributed by atoms with E-state index in [0.29, 0.717) is 0 Å². The summed E-state index contributed by atoms with van der Waals surface area (Å²) in [4.78, 5) is 12.1. The van der Waals surface area contributed by atoms with Gasteiger partial charge in [0.15, 0.2) is 0 Å². The van der Waals surface area contributed by atoms with Crippen LogP contribution in [0.2, 0.25) is 0 Å². The number of hydrogen-bond donors (Lipinski definition) is 1. The van der Waals surface area contributed by atoms with E-state index in [2.05, 4.69) is 22.6 Å². The molecule has 1 N–H and O–H groups in total. The van der Waals surface area contributed by atoms with Crippen molar-refractivity contribution in [3.63, 3.8) is 0 Å². The van der Waals surface area contributed by atoms with Crippen LogP contribution < -0.4 is 5.32 Å². The summed E-state index contributed by atoms with van der Waals surface area (Å²) in [6.45, 7) is 0. The zero-order chi connectivity index (χ0) is 12.4. The number of fused-ring (bicyclic) bond motifs is 1. The molecule has 2 aromatic rings. The summed E-state index contributed by atoms with van der Waals surface area (Å²) in [6, 6.07) is 5.72. The van der Waals surface area contributed by atoms with E-state index in [0.717, 1.165) is 30.5 Å². The summed E-state index contributed by atoms with van der Waals surface area (Å²) in [7, 11) is 0. The van der Waals surface area contributed by atoms with Gasteiger partial charge in [0.05, 0.1) is 5.52 Å². The maximum absolute atomic E-state index is 12.1. The standard InChI is InChI=1S/C14H15N3O/c18-14(11-4-2-1-3-5-11)16-12-7-9-17-13(10-12)6-8-15-17/h1-2,6-11H,3-5H2,(H,16,18). The highest BCUT2D eigenvalue weighted by Gasteiger charge is 2.18. The Bertz CT molecular complexity index is 600. The van der Waals surface area contributed by atoms with Gasteiger partial charge in [0.2, 0.25) is 5.91 Å². The first-order valence-electron chi connectivity index (χ1n) is 6.22. The summed E-state index contributed by atoms with van der Waals surface area (Å²) in [5.74, 6) is 0.222. The number of carbonyl (C=O) groups is 1. The monoisotopic (exact) mass is 241 g/mol. The topological polar surface area (TPSA) is 46.4 Å². The van der Waals surface area contributed by atoms with Crippen molar-refractivity contribution < 1.29 is 4.79 Å². The van der Waals surface area contributed by atoms with Gasteiger partial charge >= 0.3 is 0 Å². The van der Waals surface area contributed by atoms with Crippen LogP contribution in [0.1, 0.15) is 19.3 Å². The van der Waals surface area contributed by atoms with Crippen LogP contribution in [-0.2, 0) is 4.79 Å². The molecule has 2 heterocycles. The van der Waals surface area contributed by atoms with Gasteiger partial charge in [0.25, 0.3) is 0 Å². The normalized spacial score (nSPS) is 19.0. The number of nitrogens with zero attached hydrogens (tertiary/aromatic N) is 2. The number of allylic oxidation sites excluding steroid dienone is 2. The van der Waals surface area contributed by atoms with Crippen molar-refractivity contribution in [1.82, 2.24) is 9.61 Å². The lowest BCUT2D eigenvalue weighted by Gasteiger charge is -2.17. The predicted octanol–water partition coefficient (Wildman–Crippen LogP) is 2.63. The lowest BCUT2D eigenvalue weighted by atomic mass is 9.93. The first kappa shape index (κ1) is 11.0. The van der Waals surface area contributed by atoms with Gasteiger partial charge in [-0.3, -0.25) is 4.79 Å². The Labute approximate surface area is 105 Å². The fourth-order valence-corrected chi connectivity index (χ4v) is 2.28. The van der Waals surface area contributed by atoms with E-state index in [-0.39, 0.29) is 11.8 Å². The van der Waals surface area contributed by atoms with Gasteiger partial charge in [-0.2, -0.15) is 5.10 Å². The Hall–Kier alpha value is -2.10. The van der Waals surface area contributed by atoms with Crippen molar-refractivity contribution in [3.8, 4) is 0 Å². The van der Waals surface area contributed by atoms with E-state index in [1.807, 2.05) is 24.4 Å². The highest BCUT2D eigenvalue weighted by atomic mass is 16.1. The van der Waals surface area contributed by atoms with Crippen LogP contribution in [0.25, 0.3) is 5.52 Å². The fraction of sp³-hybridized carbons (Fsp3) is 0.286. The molecule has 0 fully saturated rings. The Morgan fingerprint density at radius 2 is 2.33 bits per heavy atom. The van der Waals surface area contributed by atoms with Crippen molar-refractivity contribution in [2.24, 2.45) is 5.92 Å². The lowest BCUT2D eigenvalue weighted by Crippen LogP contribution is -2.23. The third-order valence-corrected chi connectivity index (χ3v) is 3.31. The Kier molecular flexibility index (Phi) is 2.84. The molecule has 1 atom stereocenters. The van der Waals surface area contributed by atoms with E-state index in [4.69, 9.17) is 0 Å². The molecule has 1 aliphatic rings. The highest BCUT2D eigenvalue weighted by molar-refractivity contribution is 5.93. The van der Waals surface area contributed by atoms with Crippen molar-refractivity contribution in [1.29, 1.82) is 0 Å². The summed E-state index contributed by atoms with van der Waals surface area (Å²) >= 11 is 0. The zero-order valence-corrected chi connectivity index (χ0v) is 10.0. The third-order valence-electron chi connectivity index (χ3n) is 3.31. The second-order valence-corrected chi connectivity index (χ2v) is 4.59. The molecule has 1 amide bonds. The molecular formula is C14H15N3O. The Morgan fingerprint density at radius 3 is 3.17 bits per heavy atom. The Morgan fingerprint density at radius 1 is 1.39 bits per heavy atom. The average Bonchev–Trinajstić information content (AvgIpc) is 2.87. The molecule has 92 valence electrons. The number of rotatable bonds is 2. The lowest BCUT2D eigenvalue weighted by molar-refractivity contribution is -0.120. The Balaban J connectivity index is 1.74. The number of amides is 1. The summed E-state index contributed by atoms with van der Waals surface area (Å²) in [6.07, 6.45) is 10.6. The van der Waals surface area contributed by atoms with E-state index < -0.39 is 0 Å². The maximum atomic E-state index is 12.1. The summed E-state index contributed by atoms with van der Waals surface area (Å²) in [5, 5.41) is 7.10. The molecule has 0 saturated carbocycles. The molecular weight excluding hydrogens is 226 g/mol. The molecule has 2 aromatic heterocycles. The predicted molar refractivity (Wildman–Crippen MR) is 70.3 cm³/mol. The minimum Gasteiger partial charge on any atom is -0.326 e. The van der Waals surface area contributed by atoms with E-state index in [9.17, 15) is 4.79 Å². The van der Waals surface area contributed by atoms with E-state index in [1.165, 1.54) is 0 Å². The van der Waals surface area contributed by atoms with Crippen LogP contribution in [0, 0.1) is 5.92 Å². The summed E-state index contributed by atoms with van der Waals surface area (Å²) in [5.41, 5.74) is 1.82. The van der Waals surface area contributed by atoms with E-state index >= 15 is 0 Å². The van der Waals surface area contributed by atoms with Crippen LogP contribution >= 0.6 is 0 Å². The van der Waals surface area contributed by atoms with Gasteiger partial charge in [-0.05, 0) is 37.5 Å². The third kappa shape index (κ3) is 2.14. The van der Waals surface area contributed by atoms with Gasteiger partial charge in [0.1, 0.15) is 0 Å². The van der Waals surface area contributed by atoms with Gasteiger partial charge in [-0.15, -0.1) is 0 Å². The molecule has 18 heavy (non-hydrogen) atoms. The van der Waals surface area contributed by atoms with Crippen LogP contribution in [0.4, 0.5) is 5.69 Å². The largest absolute Gasteiger partial charge is 0.326 e. The molecule has 1 aliphatic carbocycles. The molecule has 0 aliphatic heterocycles.